The van der Waals surface area contributed by atoms with Gasteiger partial charge in [0.25, 0.3) is 0 Å². The minimum Gasteiger partial charge on any atom is -0.324 e. The molecule has 0 saturated carbocycles. The van der Waals surface area contributed by atoms with Gasteiger partial charge < -0.3 is 5.32 Å². The fourth-order valence-electron chi connectivity index (χ4n) is 2.61. The summed E-state index contributed by atoms with van der Waals surface area (Å²) in [7, 11) is 2.04. The van der Waals surface area contributed by atoms with Crippen molar-refractivity contribution < 1.29 is 4.39 Å². The van der Waals surface area contributed by atoms with Crippen LogP contribution in [0.3, 0.4) is 0 Å². The third-order valence-electron chi connectivity index (χ3n) is 3.75. The number of hydrogen-bond donors (Lipinski definition) is 1. The standard InChI is InChI=1S/C20H20FN5/c1-3-11-26(2)14-15-5-4-6-17(12-15)24-20-23-10-8-18(25-20)16-7-9-22-19(21)13-16/h3-10,12-13H,1,11,14H2,2H3,(H,23,24,25). The van der Waals surface area contributed by atoms with Crippen LogP contribution in [0.1, 0.15) is 5.56 Å². The quantitative estimate of drug-likeness (QED) is 0.515. The van der Waals surface area contributed by atoms with Crippen molar-refractivity contribution in [3.05, 3.63) is 79.0 Å². The Balaban J connectivity index is 1.77. The monoisotopic (exact) mass is 349 g/mol. The zero-order valence-corrected chi connectivity index (χ0v) is 14.6. The highest BCUT2D eigenvalue weighted by Gasteiger charge is 2.05. The molecule has 0 atom stereocenters. The number of rotatable bonds is 7. The van der Waals surface area contributed by atoms with E-state index >= 15 is 0 Å². The highest BCUT2D eigenvalue weighted by Crippen LogP contribution is 2.20. The molecule has 3 aromatic rings. The van der Waals surface area contributed by atoms with Crippen LogP contribution in [0.15, 0.2) is 67.5 Å². The van der Waals surface area contributed by atoms with Gasteiger partial charge in [0, 0.05) is 42.8 Å². The number of nitrogens with zero attached hydrogens (tertiary/aromatic N) is 4. The molecule has 0 aliphatic rings. The van der Waals surface area contributed by atoms with Gasteiger partial charge in [0.2, 0.25) is 11.9 Å². The van der Waals surface area contributed by atoms with E-state index in [1.54, 1.807) is 18.3 Å². The largest absolute Gasteiger partial charge is 0.324 e. The number of likely N-dealkylation sites (N-methyl/N-ethyl adjacent to an activating group) is 1. The maximum Gasteiger partial charge on any atom is 0.227 e. The smallest absolute Gasteiger partial charge is 0.227 e. The minimum atomic E-state index is -0.535. The molecule has 2 heterocycles. The molecule has 3 rings (SSSR count). The number of hydrogen-bond acceptors (Lipinski definition) is 5. The van der Waals surface area contributed by atoms with Crippen LogP contribution in [0, 0.1) is 5.95 Å². The number of nitrogens with one attached hydrogen (secondary N) is 1. The fraction of sp³-hybridized carbons (Fsp3) is 0.150. The van der Waals surface area contributed by atoms with Crippen molar-refractivity contribution in [1.82, 2.24) is 19.9 Å². The Morgan fingerprint density at radius 2 is 2.00 bits per heavy atom. The summed E-state index contributed by atoms with van der Waals surface area (Å²) in [5.41, 5.74) is 3.35. The van der Waals surface area contributed by atoms with E-state index in [0.29, 0.717) is 17.2 Å². The average molecular weight is 349 g/mol. The van der Waals surface area contributed by atoms with Crippen LogP contribution in [0.5, 0.6) is 0 Å². The second-order valence-electron chi connectivity index (χ2n) is 5.94. The van der Waals surface area contributed by atoms with Crippen molar-refractivity contribution in [2.45, 2.75) is 6.54 Å². The van der Waals surface area contributed by atoms with Gasteiger partial charge >= 0.3 is 0 Å². The van der Waals surface area contributed by atoms with E-state index in [1.807, 2.05) is 25.3 Å². The molecule has 0 bridgehead atoms. The predicted molar refractivity (Wildman–Crippen MR) is 101 cm³/mol. The van der Waals surface area contributed by atoms with Crippen molar-refractivity contribution in [2.75, 3.05) is 18.9 Å². The summed E-state index contributed by atoms with van der Waals surface area (Å²) in [6.45, 7) is 5.40. The first-order chi connectivity index (χ1) is 12.6. The molecule has 0 spiro atoms. The molecule has 0 unspecified atom stereocenters. The first kappa shape index (κ1) is 17.7. The second-order valence-corrected chi connectivity index (χ2v) is 5.94. The SMILES string of the molecule is C=CCN(C)Cc1cccc(Nc2nccc(-c3ccnc(F)c3)n2)c1. The number of halogens is 1. The number of anilines is 2. The normalized spacial score (nSPS) is 10.7. The molecule has 0 aliphatic carbocycles. The van der Waals surface area contributed by atoms with Gasteiger partial charge in [-0.05, 0) is 36.9 Å². The molecule has 0 saturated heterocycles. The molecule has 5 nitrogen and oxygen atoms in total. The molecule has 2 aromatic heterocycles. The van der Waals surface area contributed by atoms with E-state index in [-0.39, 0.29) is 0 Å². The summed E-state index contributed by atoms with van der Waals surface area (Å²) < 4.78 is 13.3. The van der Waals surface area contributed by atoms with E-state index in [1.165, 1.54) is 17.8 Å². The summed E-state index contributed by atoms with van der Waals surface area (Å²) in [6, 6.07) is 12.9. The summed E-state index contributed by atoms with van der Waals surface area (Å²) in [6.07, 6.45) is 4.94. The number of aromatic nitrogens is 3. The molecule has 0 amide bonds. The van der Waals surface area contributed by atoms with Gasteiger partial charge in [-0.3, -0.25) is 4.90 Å². The third kappa shape index (κ3) is 4.70. The zero-order chi connectivity index (χ0) is 18.4. The lowest BCUT2D eigenvalue weighted by Gasteiger charge is -2.15. The number of pyridine rings is 1. The van der Waals surface area contributed by atoms with Gasteiger partial charge in [0.15, 0.2) is 0 Å². The van der Waals surface area contributed by atoms with Crippen LogP contribution in [-0.2, 0) is 6.54 Å². The van der Waals surface area contributed by atoms with Gasteiger partial charge in [0.1, 0.15) is 0 Å². The highest BCUT2D eigenvalue weighted by molar-refractivity contribution is 5.61. The zero-order valence-electron chi connectivity index (χ0n) is 14.6. The van der Waals surface area contributed by atoms with Gasteiger partial charge in [0.05, 0.1) is 5.69 Å². The summed E-state index contributed by atoms with van der Waals surface area (Å²) in [4.78, 5) is 14.4. The van der Waals surface area contributed by atoms with Gasteiger partial charge in [-0.2, -0.15) is 4.39 Å². The van der Waals surface area contributed by atoms with Crippen molar-refractivity contribution in [2.24, 2.45) is 0 Å². The first-order valence-corrected chi connectivity index (χ1v) is 8.24. The van der Waals surface area contributed by atoms with Gasteiger partial charge in [-0.25, -0.2) is 15.0 Å². The van der Waals surface area contributed by atoms with E-state index in [0.717, 1.165) is 18.8 Å². The molecule has 6 heteroatoms. The maximum absolute atomic E-state index is 13.3. The number of benzene rings is 1. The summed E-state index contributed by atoms with van der Waals surface area (Å²) in [5.74, 6) is -0.0803. The van der Waals surface area contributed by atoms with E-state index in [9.17, 15) is 4.39 Å². The first-order valence-electron chi connectivity index (χ1n) is 8.24. The molecular weight excluding hydrogens is 329 g/mol. The van der Waals surface area contributed by atoms with Gasteiger partial charge in [-0.1, -0.05) is 18.2 Å². The Morgan fingerprint density at radius 3 is 2.81 bits per heavy atom. The lowest BCUT2D eigenvalue weighted by Crippen LogP contribution is -2.17. The Labute approximate surface area is 152 Å². The van der Waals surface area contributed by atoms with Gasteiger partial charge in [-0.15, -0.1) is 6.58 Å². The van der Waals surface area contributed by atoms with Crippen molar-refractivity contribution in [3.8, 4) is 11.3 Å². The predicted octanol–water partition coefficient (Wildman–Crippen LogP) is 4.04. The maximum atomic E-state index is 13.3. The Bertz CT molecular complexity index is 897. The fourth-order valence-corrected chi connectivity index (χ4v) is 2.61. The molecule has 0 fully saturated rings. The Kier molecular flexibility index (Phi) is 5.66. The molecule has 26 heavy (non-hydrogen) atoms. The van der Waals surface area contributed by atoms with Crippen molar-refractivity contribution in [1.29, 1.82) is 0 Å². The van der Waals surface area contributed by atoms with Crippen LogP contribution >= 0.6 is 0 Å². The van der Waals surface area contributed by atoms with Crippen LogP contribution in [0.2, 0.25) is 0 Å². The van der Waals surface area contributed by atoms with Crippen LogP contribution in [0.4, 0.5) is 16.0 Å². The molecule has 0 radical (unpaired) electrons. The average Bonchev–Trinajstić information content (AvgIpc) is 2.62. The molecule has 132 valence electrons. The minimum absolute atomic E-state index is 0.455. The van der Waals surface area contributed by atoms with Crippen LogP contribution in [-0.4, -0.2) is 33.4 Å². The lowest BCUT2D eigenvalue weighted by molar-refractivity contribution is 0.364. The van der Waals surface area contributed by atoms with Crippen LogP contribution in [0.25, 0.3) is 11.3 Å². The molecular formula is C20H20FN5. The molecule has 0 aliphatic heterocycles. The Morgan fingerprint density at radius 1 is 1.15 bits per heavy atom. The molecule has 1 aromatic carbocycles. The summed E-state index contributed by atoms with van der Waals surface area (Å²) >= 11 is 0. The van der Waals surface area contributed by atoms with Crippen molar-refractivity contribution >= 4 is 11.6 Å². The third-order valence-corrected chi connectivity index (χ3v) is 3.75. The molecule has 1 N–H and O–H groups in total. The Hall–Kier alpha value is -3.12. The van der Waals surface area contributed by atoms with E-state index < -0.39 is 5.95 Å². The summed E-state index contributed by atoms with van der Waals surface area (Å²) in [5, 5.41) is 3.20. The topological polar surface area (TPSA) is 53.9 Å². The lowest BCUT2D eigenvalue weighted by atomic mass is 10.2. The second kappa shape index (κ2) is 8.31. The van der Waals surface area contributed by atoms with Crippen LogP contribution < -0.4 is 5.32 Å². The highest BCUT2D eigenvalue weighted by atomic mass is 19.1. The van der Waals surface area contributed by atoms with E-state index in [2.05, 4.69) is 43.9 Å². The van der Waals surface area contributed by atoms with Crippen molar-refractivity contribution in [3.63, 3.8) is 0 Å². The van der Waals surface area contributed by atoms with E-state index in [4.69, 9.17) is 0 Å².